The molecule has 7 nitrogen and oxygen atoms in total. The standard InChI is InChI=1S/C23H21F3N6OS/c24-23(25,26)20-11-14(22(33)31-7-2-1-4-15(31)12-27)10-18(29-20)16-13-28-32-8-6-17(30-21(16)32)19-5-3-9-34-19/h3,5-6,8-11,13,15H,1-2,4,7,12,27H2/t15-/m1/s1. The molecule has 0 aromatic carbocycles. The van der Waals surface area contributed by atoms with Gasteiger partial charge in [0.2, 0.25) is 0 Å². The number of carbonyl (C=O) groups is 1. The van der Waals surface area contributed by atoms with Crippen molar-refractivity contribution in [3.05, 3.63) is 59.4 Å². The first-order chi connectivity index (χ1) is 16.3. The van der Waals surface area contributed by atoms with Crippen molar-refractivity contribution in [3.8, 4) is 21.8 Å². The van der Waals surface area contributed by atoms with Crippen molar-refractivity contribution >= 4 is 22.9 Å². The van der Waals surface area contributed by atoms with E-state index in [9.17, 15) is 18.0 Å². The molecule has 1 aliphatic rings. The number of fused-ring (bicyclic) bond motifs is 1. The first kappa shape index (κ1) is 22.5. The third-order valence-electron chi connectivity index (χ3n) is 5.94. The highest BCUT2D eigenvalue weighted by molar-refractivity contribution is 7.13. The Morgan fingerprint density at radius 1 is 1.18 bits per heavy atom. The summed E-state index contributed by atoms with van der Waals surface area (Å²) in [6.07, 6.45) is 0.840. The van der Waals surface area contributed by atoms with E-state index in [1.165, 1.54) is 28.1 Å². The molecule has 1 aliphatic heterocycles. The van der Waals surface area contributed by atoms with Crippen molar-refractivity contribution in [2.75, 3.05) is 13.1 Å². The predicted molar refractivity (Wildman–Crippen MR) is 122 cm³/mol. The van der Waals surface area contributed by atoms with Crippen LogP contribution in [0.1, 0.15) is 35.3 Å². The number of piperidine rings is 1. The van der Waals surface area contributed by atoms with E-state index >= 15 is 0 Å². The molecule has 5 heterocycles. The summed E-state index contributed by atoms with van der Waals surface area (Å²) < 4.78 is 42.8. The lowest BCUT2D eigenvalue weighted by molar-refractivity contribution is -0.141. The molecule has 1 amide bonds. The van der Waals surface area contributed by atoms with E-state index in [1.54, 1.807) is 17.2 Å². The highest BCUT2D eigenvalue weighted by Crippen LogP contribution is 2.33. The van der Waals surface area contributed by atoms with Crippen LogP contribution >= 0.6 is 11.3 Å². The van der Waals surface area contributed by atoms with Crippen LogP contribution < -0.4 is 5.73 Å². The highest BCUT2D eigenvalue weighted by atomic mass is 32.1. The quantitative estimate of drug-likeness (QED) is 0.459. The molecule has 0 saturated carbocycles. The maximum absolute atomic E-state index is 13.8. The number of hydrogen-bond acceptors (Lipinski definition) is 6. The summed E-state index contributed by atoms with van der Waals surface area (Å²) in [5.41, 5.74) is 5.95. The van der Waals surface area contributed by atoms with Gasteiger partial charge < -0.3 is 10.6 Å². The van der Waals surface area contributed by atoms with Crippen LogP contribution in [0.2, 0.25) is 0 Å². The van der Waals surface area contributed by atoms with Gasteiger partial charge in [0.1, 0.15) is 5.69 Å². The molecule has 0 radical (unpaired) electrons. The van der Waals surface area contributed by atoms with Crippen molar-refractivity contribution in [1.82, 2.24) is 24.5 Å². The zero-order valence-electron chi connectivity index (χ0n) is 18.0. The number of rotatable bonds is 4. The number of nitrogens with zero attached hydrogens (tertiary/aromatic N) is 5. The third kappa shape index (κ3) is 4.16. The van der Waals surface area contributed by atoms with Crippen LogP contribution in [0.5, 0.6) is 0 Å². The summed E-state index contributed by atoms with van der Waals surface area (Å²) >= 11 is 1.50. The van der Waals surface area contributed by atoms with Crippen molar-refractivity contribution in [1.29, 1.82) is 0 Å². The van der Waals surface area contributed by atoms with Crippen LogP contribution in [0.3, 0.4) is 0 Å². The second-order valence-corrected chi connectivity index (χ2v) is 9.07. The zero-order valence-corrected chi connectivity index (χ0v) is 18.8. The van der Waals surface area contributed by atoms with Crippen LogP contribution in [-0.4, -0.2) is 49.5 Å². The zero-order chi connectivity index (χ0) is 23.9. The average molecular weight is 487 g/mol. The maximum Gasteiger partial charge on any atom is 0.433 e. The van der Waals surface area contributed by atoms with Crippen LogP contribution in [0.15, 0.2) is 48.1 Å². The Balaban J connectivity index is 1.62. The molecule has 0 spiro atoms. The minimum Gasteiger partial charge on any atom is -0.334 e. The van der Waals surface area contributed by atoms with Gasteiger partial charge in [0, 0.05) is 30.9 Å². The van der Waals surface area contributed by atoms with E-state index in [-0.39, 0.29) is 23.8 Å². The lowest BCUT2D eigenvalue weighted by Crippen LogP contribution is -2.47. The number of carbonyl (C=O) groups excluding carboxylic acids is 1. The van der Waals surface area contributed by atoms with Gasteiger partial charge in [-0.2, -0.15) is 18.3 Å². The number of amides is 1. The first-order valence-corrected chi connectivity index (χ1v) is 11.7. The van der Waals surface area contributed by atoms with E-state index in [0.29, 0.717) is 23.4 Å². The van der Waals surface area contributed by atoms with Crippen molar-refractivity contribution in [2.24, 2.45) is 5.73 Å². The van der Waals surface area contributed by atoms with Gasteiger partial charge in [-0.25, -0.2) is 14.5 Å². The smallest absolute Gasteiger partial charge is 0.334 e. The molecular formula is C23H21F3N6OS. The normalized spacial score (nSPS) is 16.8. The molecule has 1 saturated heterocycles. The summed E-state index contributed by atoms with van der Waals surface area (Å²) in [5.74, 6) is -0.479. The van der Waals surface area contributed by atoms with Gasteiger partial charge in [0.05, 0.1) is 28.0 Å². The molecule has 34 heavy (non-hydrogen) atoms. The highest BCUT2D eigenvalue weighted by Gasteiger charge is 2.35. The van der Waals surface area contributed by atoms with Crippen molar-refractivity contribution in [2.45, 2.75) is 31.5 Å². The maximum atomic E-state index is 13.8. The molecule has 0 unspecified atom stereocenters. The van der Waals surface area contributed by atoms with E-state index in [2.05, 4.69) is 15.1 Å². The van der Waals surface area contributed by atoms with E-state index in [1.807, 2.05) is 17.5 Å². The Bertz CT molecular complexity index is 1330. The Morgan fingerprint density at radius 2 is 2.03 bits per heavy atom. The molecule has 5 rings (SSSR count). The van der Waals surface area contributed by atoms with Gasteiger partial charge in [-0.15, -0.1) is 11.3 Å². The molecule has 4 aromatic heterocycles. The van der Waals surface area contributed by atoms with Crippen LogP contribution in [-0.2, 0) is 6.18 Å². The molecule has 0 bridgehead atoms. The Labute approximate surface area is 197 Å². The summed E-state index contributed by atoms with van der Waals surface area (Å²) in [6, 6.07) is 7.59. The summed E-state index contributed by atoms with van der Waals surface area (Å²) in [4.78, 5) is 24.2. The SMILES string of the molecule is NC[C@H]1CCCCN1C(=O)c1cc(-c2cnn3ccc(-c4cccs4)nc23)nc(C(F)(F)F)c1. The second kappa shape index (κ2) is 8.80. The van der Waals surface area contributed by atoms with Crippen molar-refractivity contribution in [3.63, 3.8) is 0 Å². The lowest BCUT2D eigenvalue weighted by Gasteiger charge is -2.35. The topological polar surface area (TPSA) is 89.4 Å². The summed E-state index contributed by atoms with van der Waals surface area (Å²) in [6.45, 7) is 0.724. The largest absolute Gasteiger partial charge is 0.433 e. The molecule has 1 atom stereocenters. The number of alkyl halides is 3. The number of likely N-dealkylation sites (tertiary alicyclic amines) is 1. The number of hydrogen-bond donors (Lipinski definition) is 1. The number of halogens is 3. The van der Waals surface area contributed by atoms with E-state index in [0.717, 1.165) is 30.2 Å². The predicted octanol–water partition coefficient (Wildman–Crippen LogP) is 4.49. The second-order valence-electron chi connectivity index (χ2n) is 8.12. The monoisotopic (exact) mass is 486 g/mol. The molecule has 1 fully saturated rings. The molecule has 0 aliphatic carbocycles. The van der Waals surface area contributed by atoms with Gasteiger partial charge in [-0.05, 0) is 48.9 Å². The van der Waals surface area contributed by atoms with Gasteiger partial charge >= 0.3 is 6.18 Å². The summed E-state index contributed by atoms with van der Waals surface area (Å²) in [5, 5.41) is 6.14. The number of nitrogens with two attached hydrogens (primary N) is 1. The van der Waals surface area contributed by atoms with Crippen LogP contribution in [0, 0.1) is 0 Å². The van der Waals surface area contributed by atoms with Gasteiger partial charge in [0.25, 0.3) is 5.91 Å². The van der Waals surface area contributed by atoms with Gasteiger partial charge in [0.15, 0.2) is 5.65 Å². The molecular weight excluding hydrogens is 465 g/mol. The minimum absolute atomic E-state index is 0.00897. The van der Waals surface area contributed by atoms with E-state index < -0.39 is 17.8 Å². The molecule has 11 heteroatoms. The number of aromatic nitrogens is 4. The minimum atomic E-state index is -4.72. The van der Waals surface area contributed by atoms with Gasteiger partial charge in [-0.3, -0.25) is 4.79 Å². The van der Waals surface area contributed by atoms with Crippen molar-refractivity contribution < 1.29 is 18.0 Å². The number of pyridine rings is 1. The summed E-state index contributed by atoms with van der Waals surface area (Å²) in [7, 11) is 0. The number of thiophene rings is 1. The third-order valence-corrected chi connectivity index (χ3v) is 6.83. The molecule has 176 valence electrons. The Kier molecular flexibility index (Phi) is 5.82. The fourth-order valence-corrected chi connectivity index (χ4v) is 4.92. The molecule has 2 N–H and O–H groups in total. The fraction of sp³-hybridized carbons (Fsp3) is 0.304. The molecule has 4 aromatic rings. The Morgan fingerprint density at radius 3 is 2.76 bits per heavy atom. The first-order valence-electron chi connectivity index (χ1n) is 10.8. The Hall–Kier alpha value is -3.31. The lowest BCUT2D eigenvalue weighted by atomic mass is 10.0. The fourth-order valence-electron chi connectivity index (χ4n) is 4.23. The van der Waals surface area contributed by atoms with Crippen LogP contribution in [0.4, 0.5) is 13.2 Å². The van der Waals surface area contributed by atoms with E-state index in [4.69, 9.17) is 5.73 Å². The van der Waals surface area contributed by atoms with Crippen LogP contribution in [0.25, 0.3) is 27.5 Å². The average Bonchev–Trinajstić information content (AvgIpc) is 3.52. The van der Waals surface area contributed by atoms with Gasteiger partial charge in [-0.1, -0.05) is 6.07 Å².